The highest BCUT2D eigenvalue weighted by atomic mass is 32.2. The molecule has 8 nitrogen and oxygen atoms in total. The molecule has 0 saturated heterocycles. The van der Waals surface area contributed by atoms with Crippen LogP contribution in [0.5, 0.6) is 5.75 Å². The number of nitrogens with zero attached hydrogens (tertiary/aromatic N) is 3. The molecular formula is C26H33N3O5S. The maximum absolute atomic E-state index is 13.5. The normalized spacial score (nSPS) is 20.4. The van der Waals surface area contributed by atoms with Gasteiger partial charge in [0.05, 0.1) is 13.2 Å². The third kappa shape index (κ3) is 6.20. The first kappa shape index (κ1) is 26.7. The van der Waals surface area contributed by atoms with Gasteiger partial charge in [-0.1, -0.05) is 38.7 Å². The number of amides is 1. The standard InChI is InChI=1S/C26H33N3O5S/c1-18(2)9-10-21-11-12-25-23(14-21)34-24(16-28(5)26(31)22-8-6-7-13-27-22)19(3)15-29(20(4)17-30)35(25,32)33/h6-8,11-14,18-20,24,30H,15-17H2,1-5H3/t19-,20-,24-/m1/s1. The molecular weight excluding hydrogens is 466 g/mol. The molecule has 3 rings (SSSR count). The first-order chi connectivity index (χ1) is 16.5. The van der Waals surface area contributed by atoms with Crippen molar-refractivity contribution in [3.8, 4) is 17.6 Å². The fourth-order valence-electron chi connectivity index (χ4n) is 3.79. The van der Waals surface area contributed by atoms with E-state index in [9.17, 15) is 18.3 Å². The average molecular weight is 500 g/mol. The Labute approximate surface area is 208 Å². The number of aromatic nitrogens is 1. The van der Waals surface area contributed by atoms with Crippen molar-refractivity contribution in [2.45, 2.75) is 44.7 Å². The van der Waals surface area contributed by atoms with Crippen LogP contribution in [0.3, 0.4) is 0 Å². The Morgan fingerprint density at radius 3 is 2.66 bits per heavy atom. The predicted octanol–water partition coefficient (Wildman–Crippen LogP) is 2.63. The average Bonchev–Trinajstić information content (AvgIpc) is 2.84. The number of hydrogen-bond acceptors (Lipinski definition) is 6. The van der Waals surface area contributed by atoms with Gasteiger partial charge in [-0.05, 0) is 37.3 Å². The minimum Gasteiger partial charge on any atom is -0.487 e. The first-order valence-electron chi connectivity index (χ1n) is 11.7. The zero-order valence-corrected chi connectivity index (χ0v) is 21.6. The molecule has 0 radical (unpaired) electrons. The van der Waals surface area contributed by atoms with Gasteiger partial charge in [-0.25, -0.2) is 8.42 Å². The van der Waals surface area contributed by atoms with Crippen LogP contribution in [0.15, 0.2) is 47.5 Å². The summed E-state index contributed by atoms with van der Waals surface area (Å²) in [5, 5.41) is 9.78. The highest BCUT2D eigenvalue weighted by Crippen LogP contribution is 2.34. The van der Waals surface area contributed by atoms with Crippen LogP contribution < -0.4 is 4.74 Å². The Kier molecular flexibility index (Phi) is 8.54. The van der Waals surface area contributed by atoms with E-state index >= 15 is 0 Å². The summed E-state index contributed by atoms with van der Waals surface area (Å²) in [6, 6.07) is 9.31. The number of fused-ring (bicyclic) bond motifs is 1. The topological polar surface area (TPSA) is 100 Å². The van der Waals surface area contributed by atoms with Crippen LogP contribution in [0.25, 0.3) is 0 Å². The summed E-state index contributed by atoms with van der Waals surface area (Å²) >= 11 is 0. The fourth-order valence-corrected chi connectivity index (χ4v) is 5.61. The lowest BCUT2D eigenvalue weighted by Crippen LogP contribution is -2.50. The molecule has 1 aromatic heterocycles. The van der Waals surface area contributed by atoms with Crippen molar-refractivity contribution in [1.29, 1.82) is 0 Å². The van der Waals surface area contributed by atoms with Crippen LogP contribution in [0.4, 0.5) is 0 Å². The number of aliphatic hydroxyl groups excluding tert-OH is 1. The third-order valence-electron chi connectivity index (χ3n) is 5.86. The van der Waals surface area contributed by atoms with E-state index in [2.05, 4.69) is 16.8 Å². The number of carbonyl (C=O) groups is 1. The van der Waals surface area contributed by atoms with E-state index in [0.29, 0.717) is 11.3 Å². The van der Waals surface area contributed by atoms with Crippen LogP contribution in [0.2, 0.25) is 0 Å². The maximum atomic E-state index is 13.5. The Morgan fingerprint density at radius 2 is 2.03 bits per heavy atom. The van der Waals surface area contributed by atoms with Crippen molar-refractivity contribution in [3.05, 3.63) is 53.9 Å². The minimum absolute atomic E-state index is 0.0171. The van der Waals surface area contributed by atoms with Crippen LogP contribution in [-0.2, 0) is 10.0 Å². The SMILES string of the molecule is CC(C)C#Cc1ccc2c(c1)O[C@H](CN(C)C(=O)c1ccccn1)[C@H](C)CN([C@H](C)CO)S2(=O)=O. The van der Waals surface area contributed by atoms with Crippen molar-refractivity contribution in [3.63, 3.8) is 0 Å². The van der Waals surface area contributed by atoms with Gasteiger partial charge in [-0.3, -0.25) is 9.78 Å². The number of benzene rings is 1. The summed E-state index contributed by atoms with van der Waals surface area (Å²) in [6.45, 7) is 7.53. The van der Waals surface area contributed by atoms with Crippen molar-refractivity contribution >= 4 is 15.9 Å². The lowest BCUT2D eigenvalue weighted by atomic mass is 10.0. The van der Waals surface area contributed by atoms with Gasteiger partial charge in [0.2, 0.25) is 10.0 Å². The van der Waals surface area contributed by atoms with Crippen LogP contribution in [-0.4, -0.2) is 72.5 Å². The van der Waals surface area contributed by atoms with Crippen LogP contribution in [0, 0.1) is 23.7 Å². The molecule has 1 aromatic carbocycles. The van der Waals surface area contributed by atoms with E-state index in [4.69, 9.17) is 4.74 Å². The molecule has 0 saturated carbocycles. The van der Waals surface area contributed by atoms with Crippen molar-refractivity contribution < 1.29 is 23.1 Å². The quantitative estimate of drug-likeness (QED) is 0.635. The number of aliphatic hydroxyl groups is 1. The molecule has 1 aliphatic heterocycles. The number of pyridine rings is 1. The van der Waals surface area contributed by atoms with Crippen LogP contribution >= 0.6 is 0 Å². The second kappa shape index (κ2) is 11.2. The third-order valence-corrected chi connectivity index (χ3v) is 7.88. The van der Waals surface area contributed by atoms with E-state index in [-0.39, 0.29) is 48.1 Å². The molecule has 0 fully saturated rings. The molecule has 35 heavy (non-hydrogen) atoms. The second-order valence-electron chi connectivity index (χ2n) is 9.23. The summed E-state index contributed by atoms with van der Waals surface area (Å²) < 4.78 is 34.7. The molecule has 3 atom stereocenters. The van der Waals surface area contributed by atoms with Crippen molar-refractivity contribution in [2.24, 2.45) is 11.8 Å². The summed E-state index contributed by atoms with van der Waals surface area (Å²) in [5.74, 6) is 5.94. The van der Waals surface area contributed by atoms with E-state index in [1.807, 2.05) is 20.8 Å². The molecule has 0 unspecified atom stereocenters. The lowest BCUT2D eigenvalue weighted by molar-refractivity contribution is 0.0559. The van der Waals surface area contributed by atoms with Crippen molar-refractivity contribution in [2.75, 3.05) is 26.7 Å². The monoisotopic (exact) mass is 499 g/mol. The Bertz CT molecular complexity index is 1200. The van der Waals surface area contributed by atoms with Gasteiger partial charge in [-0.2, -0.15) is 4.31 Å². The molecule has 1 N–H and O–H groups in total. The molecule has 0 aliphatic carbocycles. The summed E-state index contributed by atoms with van der Waals surface area (Å²) in [7, 11) is -2.27. The smallest absolute Gasteiger partial charge is 0.272 e. The number of likely N-dealkylation sites (N-methyl/N-ethyl adjacent to an activating group) is 1. The number of carbonyl (C=O) groups excluding carboxylic acids is 1. The lowest BCUT2D eigenvalue weighted by Gasteiger charge is -2.37. The summed E-state index contributed by atoms with van der Waals surface area (Å²) in [6.07, 6.45) is 1.05. The second-order valence-corrected chi connectivity index (χ2v) is 11.1. The maximum Gasteiger partial charge on any atom is 0.272 e. The van der Waals surface area contributed by atoms with Gasteiger partial charge in [-0.15, -0.1) is 0 Å². The number of sulfonamides is 1. The molecule has 2 heterocycles. The molecule has 188 valence electrons. The highest BCUT2D eigenvalue weighted by Gasteiger charge is 2.38. The van der Waals surface area contributed by atoms with E-state index in [0.717, 1.165) is 0 Å². The number of ether oxygens (including phenoxy) is 1. The van der Waals surface area contributed by atoms with Gasteiger partial charge >= 0.3 is 0 Å². The molecule has 0 spiro atoms. The van der Waals surface area contributed by atoms with Gasteiger partial charge in [0.1, 0.15) is 22.4 Å². The van der Waals surface area contributed by atoms with Crippen LogP contribution in [0.1, 0.15) is 43.7 Å². The first-order valence-corrected chi connectivity index (χ1v) is 13.1. The Morgan fingerprint density at radius 1 is 1.29 bits per heavy atom. The van der Waals surface area contributed by atoms with E-state index in [1.165, 1.54) is 15.3 Å². The van der Waals surface area contributed by atoms with Gasteiger partial charge in [0.25, 0.3) is 5.91 Å². The minimum atomic E-state index is -3.94. The highest BCUT2D eigenvalue weighted by molar-refractivity contribution is 7.89. The van der Waals surface area contributed by atoms with Crippen molar-refractivity contribution in [1.82, 2.24) is 14.2 Å². The van der Waals surface area contributed by atoms with E-state index in [1.54, 1.807) is 50.5 Å². The van der Waals surface area contributed by atoms with Gasteiger partial charge in [0.15, 0.2) is 0 Å². The molecule has 2 aromatic rings. The fraction of sp³-hybridized carbons (Fsp3) is 0.462. The molecule has 1 aliphatic rings. The number of hydrogen-bond donors (Lipinski definition) is 1. The summed E-state index contributed by atoms with van der Waals surface area (Å²) in [4.78, 5) is 18.6. The molecule has 9 heteroatoms. The zero-order valence-electron chi connectivity index (χ0n) is 20.8. The zero-order chi connectivity index (χ0) is 25.8. The molecule has 0 bridgehead atoms. The van der Waals surface area contributed by atoms with Gasteiger partial charge < -0.3 is 14.7 Å². The molecule has 1 amide bonds. The summed E-state index contributed by atoms with van der Waals surface area (Å²) in [5.41, 5.74) is 0.956. The number of rotatable bonds is 5. The largest absolute Gasteiger partial charge is 0.487 e. The predicted molar refractivity (Wildman–Crippen MR) is 133 cm³/mol. The Balaban J connectivity index is 2.02. The Hall–Kier alpha value is -2.93. The van der Waals surface area contributed by atoms with E-state index < -0.39 is 22.2 Å². The van der Waals surface area contributed by atoms with Gasteiger partial charge in [0, 0.05) is 43.2 Å².